The molecule has 0 aliphatic heterocycles. The van der Waals surface area contributed by atoms with E-state index >= 15 is 0 Å². The molecule has 0 aliphatic rings. The second kappa shape index (κ2) is 13.9. The molecule has 0 saturated heterocycles. The summed E-state index contributed by atoms with van der Waals surface area (Å²) < 4.78 is 6.70. The van der Waals surface area contributed by atoms with Crippen LogP contribution >= 0.6 is 31.9 Å². The third kappa shape index (κ3) is 9.03. The van der Waals surface area contributed by atoms with Crippen molar-refractivity contribution in [1.29, 1.82) is 0 Å². The van der Waals surface area contributed by atoms with Crippen LogP contribution in [0.2, 0.25) is 0 Å². The molecule has 0 aromatic heterocycles. The smallest absolute Gasteiger partial charge is 0.292 e. The highest BCUT2D eigenvalue weighted by atomic mass is 79.9. The molecule has 2 aromatic rings. The number of halogens is 2. The molecule has 3 N–H and O–H groups in total. The molecule has 2 rings (SSSR count). The topological polar surface area (TPSA) is 140 Å². The fraction of sp³-hybridized carbons (Fsp3) is 0.333. The van der Waals surface area contributed by atoms with E-state index in [0.717, 1.165) is 8.95 Å². The van der Waals surface area contributed by atoms with Crippen molar-refractivity contribution in [1.82, 2.24) is 0 Å². The number of ether oxygens (including phenoxy) is 1. The fourth-order valence-corrected chi connectivity index (χ4v) is 2.93. The highest BCUT2D eigenvalue weighted by Gasteiger charge is 2.13. The van der Waals surface area contributed by atoms with Gasteiger partial charge in [-0.2, -0.15) is 0 Å². The molecule has 0 atom stereocenters. The molecule has 0 fully saturated rings. The molecule has 2 aromatic carbocycles. The maximum Gasteiger partial charge on any atom is 0.292 e. The van der Waals surface area contributed by atoms with Crippen molar-refractivity contribution in [3.8, 4) is 0 Å². The molecule has 164 valence electrons. The van der Waals surface area contributed by atoms with Crippen LogP contribution in [0.3, 0.4) is 0 Å². The zero-order chi connectivity index (χ0) is 22.5. The minimum absolute atomic E-state index is 0.00153. The normalized spacial score (nSPS) is 10.0. The van der Waals surface area contributed by atoms with Crippen molar-refractivity contribution >= 4 is 54.6 Å². The first-order valence-electron chi connectivity index (χ1n) is 8.84. The minimum Gasteiger partial charge on any atom is -0.395 e. The Labute approximate surface area is 190 Å². The van der Waals surface area contributed by atoms with Crippen molar-refractivity contribution < 1.29 is 19.7 Å². The van der Waals surface area contributed by atoms with Gasteiger partial charge in [-0.1, -0.05) is 31.9 Å². The van der Waals surface area contributed by atoms with E-state index < -0.39 is 9.85 Å². The van der Waals surface area contributed by atoms with E-state index in [1.165, 1.54) is 12.1 Å². The van der Waals surface area contributed by atoms with Gasteiger partial charge in [-0.3, -0.25) is 20.2 Å². The highest BCUT2D eigenvalue weighted by molar-refractivity contribution is 9.10. The Hall–Kier alpha value is -2.28. The van der Waals surface area contributed by atoms with E-state index in [9.17, 15) is 20.2 Å². The average molecular weight is 550 g/mol. The summed E-state index contributed by atoms with van der Waals surface area (Å²) in [7, 11) is 0. The summed E-state index contributed by atoms with van der Waals surface area (Å²) in [4.78, 5) is 20.5. The van der Waals surface area contributed by atoms with E-state index in [-0.39, 0.29) is 24.5 Å². The van der Waals surface area contributed by atoms with Crippen LogP contribution in [0.25, 0.3) is 0 Å². The average Bonchev–Trinajstić information content (AvgIpc) is 2.70. The predicted molar refractivity (Wildman–Crippen MR) is 122 cm³/mol. The van der Waals surface area contributed by atoms with Gasteiger partial charge in [-0.05, 0) is 31.2 Å². The number of anilines is 2. The molecule has 0 unspecified atom stereocenters. The summed E-state index contributed by atoms with van der Waals surface area (Å²) >= 11 is 6.49. The van der Waals surface area contributed by atoms with Gasteiger partial charge in [-0.25, -0.2) is 0 Å². The quantitative estimate of drug-likeness (QED) is 0.222. The van der Waals surface area contributed by atoms with Gasteiger partial charge in [0.2, 0.25) is 0 Å². The first-order chi connectivity index (χ1) is 14.3. The van der Waals surface area contributed by atoms with Gasteiger partial charge >= 0.3 is 0 Å². The molecule has 0 amide bonds. The number of hydrogen-bond donors (Lipinski definition) is 3. The van der Waals surface area contributed by atoms with Crippen LogP contribution in [0.5, 0.6) is 0 Å². The monoisotopic (exact) mass is 548 g/mol. The third-order valence-corrected chi connectivity index (χ3v) is 4.49. The molecule has 0 spiro atoms. The van der Waals surface area contributed by atoms with E-state index in [4.69, 9.17) is 9.84 Å². The molecular weight excluding hydrogens is 528 g/mol. The number of rotatable bonds is 10. The maximum absolute atomic E-state index is 10.7. The highest BCUT2D eigenvalue weighted by Crippen LogP contribution is 2.28. The van der Waals surface area contributed by atoms with Gasteiger partial charge in [0.1, 0.15) is 11.4 Å². The first-order valence-corrected chi connectivity index (χ1v) is 10.4. The first kappa shape index (κ1) is 25.8. The zero-order valence-corrected chi connectivity index (χ0v) is 19.3. The van der Waals surface area contributed by atoms with Gasteiger partial charge in [-0.15, -0.1) is 0 Å². The Kier molecular flexibility index (Phi) is 11.9. The summed E-state index contributed by atoms with van der Waals surface area (Å²) in [6, 6.07) is 9.41. The van der Waals surface area contributed by atoms with Crippen LogP contribution in [0, 0.1) is 20.2 Å². The lowest BCUT2D eigenvalue weighted by atomic mass is 10.2. The second-order valence-corrected chi connectivity index (χ2v) is 7.44. The molecular formula is C18H22Br2N4O6. The summed E-state index contributed by atoms with van der Waals surface area (Å²) in [5.41, 5.74) is 0.971. The lowest BCUT2D eigenvalue weighted by Crippen LogP contribution is -2.10. The van der Waals surface area contributed by atoms with Crippen LogP contribution in [0.15, 0.2) is 45.3 Å². The number of aliphatic hydroxyl groups is 1. The molecule has 0 bridgehead atoms. The third-order valence-electron chi connectivity index (χ3n) is 3.50. The van der Waals surface area contributed by atoms with Crippen LogP contribution < -0.4 is 10.6 Å². The number of nitro groups is 2. The van der Waals surface area contributed by atoms with Crippen molar-refractivity contribution in [3.63, 3.8) is 0 Å². The van der Waals surface area contributed by atoms with E-state index in [1.54, 1.807) is 24.3 Å². The van der Waals surface area contributed by atoms with E-state index in [2.05, 4.69) is 42.5 Å². The van der Waals surface area contributed by atoms with Crippen molar-refractivity contribution in [2.24, 2.45) is 0 Å². The molecule has 0 radical (unpaired) electrons. The van der Waals surface area contributed by atoms with Crippen molar-refractivity contribution in [3.05, 3.63) is 65.6 Å². The summed E-state index contributed by atoms with van der Waals surface area (Å²) in [5.74, 6) is 0. The van der Waals surface area contributed by atoms with Gasteiger partial charge in [0.15, 0.2) is 0 Å². The second-order valence-electron chi connectivity index (χ2n) is 5.61. The molecule has 12 heteroatoms. The number of nitrogens with one attached hydrogen (secondary N) is 2. The molecule has 0 aliphatic carbocycles. The number of hydrogen-bond acceptors (Lipinski definition) is 8. The van der Waals surface area contributed by atoms with Crippen molar-refractivity contribution in [2.75, 3.05) is 43.5 Å². The van der Waals surface area contributed by atoms with Crippen LogP contribution in [-0.2, 0) is 4.74 Å². The SMILES string of the molecule is CCOCCNc1cc(Br)ccc1[N+](=O)[O-].O=[N+]([O-])c1ccc(Br)cc1NCCO. The minimum atomic E-state index is -0.466. The van der Waals surface area contributed by atoms with Crippen LogP contribution in [-0.4, -0.2) is 47.9 Å². The Balaban J connectivity index is 0.000000303. The van der Waals surface area contributed by atoms with Gasteiger partial charge in [0.25, 0.3) is 11.4 Å². The zero-order valence-electron chi connectivity index (χ0n) is 16.1. The Morgan fingerprint density at radius 2 is 1.40 bits per heavy atom. The standard InChI is InChI=1S/C10H13BrN2O3.C8H9BrN2O3/c1-2-16-6-5-12-9-7-8(11)3-4-10(9)13(14)15;9-6-1-2-8(11(13)14)7(5-6)10-3-4-12/h3-4,7,12H,2,5-6H2,1H3;1-2,5,10,12H,3-4H2. The molecule has 0 heterocycles. The van der Waals surface area contributed by atoms with Gasteiger partial charge in [0, 0.05) is 40.8 Å². The number of nitrogens with zero attached hydrogens (tertiary/aromatic N) is 2. The number of nitro benzene ring substituents is 2. The Morgan fingerprint density at radius 3 is 1.80 bits per heavy atom. The summed E-state index contributed by atoms with van der Waals surface area (Å²) in [5, 5.41) is 35.6. The lowest BCUT2D eigenvalue weighted by molar-refractivity contribution is -0.384. The van der Waals surface area contributed by atoms with Crippen molar-refractivity contribution in [2.45, 2.75) is 6.92 Å². The molecule has 30 heavy (non-hydrogen) atoms. The Morgan fingerprint density at radius 1 is 0.933 bits per heavy atom. The number of benzene rings is 2. The summed E-state index contributed by atoms with van der Waals surface area (Å²) in [6.45, 7) is 3.84. The van der Waals surface area contributed by atoms with E-state index in [1.807, 2.05) is 6.92 Å². The maximum atomic E-state index is 10.7. The number of aliphatic hydroxyl groups excluding tert-OH is 1. The largest absolute Gasteiger partial charge is 0.395 e. The molecule has 10 nitrogen and oxygen atoms in total. The van der Waals surface area contributed by atoms with Gasteiger partial charge in [0.05, 0.1) is 23.1 Å². The van der Waals surface area contributed by atoms with Crippen LogP contribution in [0.4, 0.5) is 22.7 Å². The fourth-order valence-electron chi connectivity index (χ4n) is 2.21. The Bertz CT molecular complexity index is 853. The van der Waals surface area contributed by atoms with Crippen LogP contribution in [0.1, 0.15) is 6.92 Å². The van der Waals surface area contributed by atoms with Gasteiger partial charge < -0.3 is 20.5 Å². The summed E-state index contributed by atoms with van der Waals surface area (Å²) in [6.07, 6.45) is 0. The van der Waals surface area contributed by atoms with E-state index in [0.29, 0.717) is 31.1 Å². The lowest BCUT2D eigenvalue weighted by Gasteiger charge is -2.07. The molecule has 0 saturated carbocycles. The predicted octanol–water partition coefficient (Wildman–Crippen LogP) is 4.57.